The van der Waals surface area contributed by atoms with E-state index < -0.39 is 0 Å². The number of ether oxygens (including phenoxy) is 2. The quantitative estimate of drug-likeness (QED) is 0.693. The van der Waals surface area contributed by atoms with Crippen molar-refractivity contribution in [2.75, 3.05) is 33.4 Å². The van der Waals surface area contributed by atoms with Gasteiger partial charge in [0.1, 0.15) is 5.75 Å². The summed E-state index contributed by atoms with van der Waals surface area (Å²) in [5.74, 6) is 0.506. The third-order valence-corrected chi connectivity index (χ3v) is 6.14. The maximum Gasteiger partial charge on any atom is 0.264 e. The third-order valence-electron chi connectivity index (χ3n) is 5.28. The van der Waals surface area contributed by atoms with Crippen molar-refractivity contribution in [3.05, 3.63) is 52.2 Å². The highest BCUT2D eigenvalue weighted by atomic mass is 32.1. The molecule has 0 aliphatic carbocycles. The molecule has 1 aromatic carbocycles. The SMILES string of the molecule is CC[C@H](C)N(C[C@@H]1CN(C(=O)c2cccs2)CCO1)C(=O)c1ccccc1OC. The lowest BCUT2D eigenvalue weighted by molar-refractivity contribution is -0.0366. The van der Waals surface area contributed by atoms with Crippen molar-refractivity contribution in [3.8, 4) is 5.75 Å². The molecule has 1 aliphatic heterocycles. The first-order valence-electron chi connectivity index (χ1n) is 9.93. The lowest BCUT2D eigenvalue weighted by Crippen LogP contribution is -2.52. The predicted molar refractivity (Wildman–Crippen MR) is 114 cm³/mol. The van der Waals surface area contributed by atoms with Crippen molar-refractivity contribution in [2.45, 2.75) is 32.4 Å². The molecule has 156 valence electrons. The van der Waals surface area contributed by atoms with Gasteiger partial charge in [-0.3, -0.25) is 9.59 Å². The Hall–Kier alpha value is -2.38. The summed E-state index contributed by atoms with van der Waals surface area (Å²) in [6, 6.07) is 11.0. The van der Waals surface area contributed by atoms with Gasteiger partial charge in [-0.05, 0) is 36.9 Å². The van der Waals surface area contributed by atoms with E-state index in [-0.39, 0.29) is 24.0 Å². The Balaban J connectivity index is 1.74. The highest BCUT2D eigenvalue weighted by molar-refractivity contribution is 7.12. The molecular weight excluding hydrogens is 388 g/mol. The molecule has 0 spiro atoms. The molecule has 0 N–H and O–H groups in total. The normalized spacial score (nSPS) is 17.6. The van der Waals surface area contributed by atoms with Gasteiger partial charge in [-0.25, -0.2) is 0 Å². The van der Waals surface area contributed by atoms with E-state index in [1.54, 1.807) is 19.2 Å². The second-order valence-corrected chi connectivity index (χ2v) is 8.08. The monoisotopic (exact) mass is 416 g/mol. The van der Waals surface area contributed by atoms with Crippen LogP contribution in [0.3, 0.4) is 0 Å². The van der Waals surface area contributed by atoms with Crippen LogP contribution in [0.4, 0.5) is 0 Å². The Morgan fingerprint density at radius 1 is 1.31 bits per heavy atom. The van der Waals surface area contributed by atoms with Crippen molar-refractivity contribution in [1.29, 1.82) is 0 Å². The first kappa shape index (κ1) is 21.3. The Bertz CT molecular complexity index is 824. The summed E-state index contributed by atoms with van der Waals surface area (Å²) in [7, 11) is 1.57. The molecule has 0 radical (unpaired) electrons. The number of carbonyl (C=O) groups is 2. The second kappa shape index (κ2) is 9.89. The molecular formula is C22H28N2O4S. The maximum atomic E-state index is 13.3. The van der Waals surface area contributed by atoms with Gasteiger partial charge >= 0.3 is 0 Å². The van der Waals surface area contributed by atoms with Crippen LogP contribution in [0.25, 0.3) is 0 Å². The number of benzene rings is 1. The van der Waals surface area contributed by atoms with Gasteiger partial charge in [-0.2, -0.15) is 0 Å². The summed E-state index contributed by atoms with van der Waals surface area (Å²) >= 11 is 1.44. The first-order chi connectivity index (χ1) is 14.0. The van der Waals surface area contributed by atoms with Crippen molar-refractivity contribution in [3.63, 3.8) is 0 Å². The summed E-state index contributed by atoms with van der Waals surface area (Å²) in [6.07, 6.45) is 0.603. The van der Waals surface area contributed by atoms with Crippen LogP contribution in [-0.4, -0.2) is 67.1 Å². The van der Waals surface area contributed by atoms with Crippen molar-refractivity contribution < 1.29 is 19.1 Å². The van der Waals surface area contributed by atoms with Gasteiger partial charge in [-0.15, -0.1) is 11.3 Å². The van der Waals surface area contributed by atoms with Crippen LogP contribution in [0.15, 0.2) is 41.8 Å². The zero-order chi connectivity index (χ0) is 20.8. The van der Waals surface area contributed by atoms with Gasteiger partial charge in [-0.1, -0.05) is 25.1 Å². The summed E-state index contributed by atoms with van der Waals surface area (Å²) in [5, 5.41) is 1.90. The highest BCUT2D eigenvalue weighted by Gasteiger charge is 2.31. The average molecular weight is 417 g/mol. The molecule has 2 atom stereocenters. The molecule has 2 aromatic rings. The Morgan fingerprint density at radius 3 is 2.79 bits per heavy atom. The van der Waals surface area contributed by atoms with Gasteiger partial charge in [0.05, 0.1) is 30.3 Å². The predicted octanol–water partition coefficient (Wildman–Crippen LogP) is 3.54. The molecule has 6 nitrogen and oxygen atoms in total. The number of para-hydroxylation sites is 1. The van der Waals surface area contributed by atoms with Crippen LogP contribution >= 0.6 is 11.3 Å². The number of carbonyl (C=O) groups excluding carboxylic acids is 2. The molecule has 0 bridgehead atoms. The van der Waals surface area contributed by atoms with Crippen molar-refractivity contribution >= 4 is 23.2 Å². The molecule has 1 fully saturated rings. The topological polar surface area (TPSA) is 59.1 Å². The number of amides is 2. The van der Waals surface area contributed by atoms with Crippen LogP contribution in [0.5, 0.6) is 5.75 Å². The Kier molecular flexibility index (Phi) is 7.28. The average Bonchev–Trinajstić information content (AvgIpc) is 3.31. The van der Waals surface area contributed by atoms with Crippen LogP contribution in [-0.2, 0) is 4.74 Å². The standard InChI is InChI=1S/C22H28N2O4S/c1-4-16(2)24(21(25)18-8-5-6-9-19(18)27-3)15-17-14-23(11-12-28-17)22(26)20-10-7-13-29-20/h5-10,13,16-17H,4,11-12,14-15H2,1-3H3/t16-,17-/m0/s1. The Morgan fingerprint density at radius 2 is 2.10 bits per heavy atom. The van der Waals surface area contributed by atoms with E-state index in [1.807, 2.05) is 46.4 Å². The number of thiophene rings is 1. The van der Waals surface area contributed by atoms with Crippen LogP contribution in [0, 0.1) is 0 Å². The Labute approximate surface area is 176 Å². The molecule has 7 heteroatoms. The summed E-state index contributed by atoms with van der Waals surface area (Å²) < 4.78 is 11.3. The molecule has 2 heterocycles. The number of hydrogen-bond donors (Lipinski definition) is 0. The van der Waals surface area contributed by atoms with E-state index in [0.717, 1.165) is 11.3 Å². The molecule has 2 amide bonds. The fourth-order valence-corrected chi connectivity index (χ4v) is 4.14. The number of morpholine rings is 1. The summed E-state index contributed by atoms with van der Waals surface area (Å²) in [5.41, 5.74) is 0.539. The molecule has 1 aromatic heterocycles. The smallest absolute Gasteiger partial charge is 0.264 e. The fourth-order valence-electron chi connectivity index (χ4n) is 3.45. The lowest BCUT2D eigenvalue weighted by atomic mass is 10.1. The van der Waals surface area contributed by atoms with E-state index >= 15 is 0 Å². The number of methoxy groups -OCH3 is 1. The minimum atomic E-state index is -0.222. The minimum absolute atomic E-state index is 0.0273. The second-order valence-electron chi connectivity index (χ2n) is 7.14. The van der Waals surface area contributed by atoms with E-state index in [0.29, 0.717) is 37.6 Å². The molecule has 1 aliphatic rings. The van der Waals surface area contributed by atoms with Gasteiger partial charge in [0.2, 0.25) is 0 Å². The third kappa shape index (κ3) is 4.97. The van der Waals surface area contributed by atoms with E-state index in [1.165, 1.54) is 11.3 Å². The van der Waals surface area contributed by atoms with Crippen molar-refractivity contribution in [2.24, 2.45) is 0 Å². The van der Waals surface area contributed by atoms with E-state index in [4.69, 9.17) is 9.47 Å². The summed E-state index contributed by atoms with van der Waals surface area (Å²) in [6.45, 7) is 6.03. The number of hydrogen-bond acceptors (Lipinski definition) is 5. The molecule has 0 unspecified atom stereocenters. The fraction of sp³-hybridized carbons (Fsp3) is 0.455. The van der Waals surface area contributed by atoms with E-state index in [2.05, 4.69) is 6.92 Å². The minimum Gasteiger partial charge on any atom is -0.496 e. The van der Waals surface area contributed by atoms with Crippen LogP contribution in [0.1, 0.15) is 40.3 Å². The van der Waals surface area contributed by atoms with E-state index in [9.17, 15) is 9.59 Å². The number of rotatable bonds is 7. The molecule has 3 rings (SSSR count). The molecule has 1 saturated heterocycles. The van der Waals surface area contributed by atoms with Gasteiger partial charge in [0.15, 0.2) is 0 Å². The maximum absolute atomic E-state index is 13.3. The zero-order valence-electron chi connectivity index (χ0n) is 17.2. The van der Waals surface area contributed by atoms with Gasteiger partial charge < -0.3 is 19.3 Å². The van der Waals surface area contributed by atoms with Crippen LogP contribution in [0.2, 0.25) is 0 Å². The number of nitrogens with zero attached hydrogens (tertiary/aromatic N) is 2. The van der Waals surface area contributed by atoms with Gasteiger partial charge in [0, 0.05) is 25.7 Å². The van der Waals surface area contributed by atoms with Crippen molar-refractivity contribution in [1.82, 2.24) is 9.80 Å². The van der Waals surface area contributed by atoms with Gasteiger partial charge in [0.25, 0.3) is 11.8 Å². The zero-order valence-corrected chi connectivity index (χ0v) is 18.0. The largest absolute Gasteiger partial charge is 0.496 e. The summed E-state index contributed by atoms with van der Waals surface area (Å²) in [4.78, 5) is 30.4. The molecule has 29 heavy (non-hydrogen) atoms. The lowest BCUT2D eigenvalue weighted by Gasteiger charge is -2.37. The molecule has 0 saturated carbocycles. The van der Waals surface area contributed by atoms with Crippen LogP contribution < -0.4 is 4.74 Å². The highest BCUT2D eigenvalue weighted by Crippen LogP contribution is 2.22. The first-order valence-corrected chi connectivity index (χ1v) is 10.8.